The fourth-order valence-corrected chi connectivity index (χ4v) is 2.30. The van der Waals surface area contributed by atoms with Gasteiger partial charge < -0.3 is 0 Å². The zero-order valence-electron chi connectivity index (χ0n) is 10.6. The SMILES string of the molecule is CCC(CC#N)C(=O)c1ccc(Cl)c2cccnc12. The van der Waals surface area contributed by atoms with Gasteiger partial charge in [-0.05, 0) is 30.7 Å². The van der Waals surface area contributed by atoms with Crippen molar-refractivity contribution in [2.75, 3.05) is 0 Å². The number of pyridine rings is 1. The van der Waals surface area contributed by atoms with Crippen molar-refractivity contribution in [1.29, 1.82) is 5.26 Å². The van der Waals surface area contributed by atoms with E-state index in [0.29, 0.717) is 22.5 Å². The second-order valence-corrected chi connectivity index (χ2v) is 4.73. The van der Waals surface area contributed by atoms with Crippen LogP contribution < -0.4 is 0 Å². The van der Waals surface area contributed by atoms with Gasteiger partial charge in [0.15, 0.2) is 5.78 Å². The lowest BCUT2D eigenvalue weighted by Crippen LogP contribution is -2.14. The minimum atomic E-state index is -0.281. The number of carbonyl (C=O) groups is 1. The molecule has 1 aromatic heterocycles. The first-order valence-corrected chi connectivity index (χ1v) is 6.51. The van der Waals surface area contributed by atoms with Gasteiger partial charge in [-0.3, -0.25) is 9.78 Å². The van der Waals surface area contributed by atoms with Crippen molar-refractivity contribution in [3.05, 3.63) is 41.0 Å². The van der Waals surface area contributed by atoms with Gasteiger partial charge in [0, 0.05) is 29.5 Å². The highest BCUT2D eigenvalue weighted by Gasteiger charge is 2.21. The van der Waals surface area contributed by atoms with Gasteiger partial charge in [-0.25, -0.2) is 0 Å². The van der Waals surface area contributed by atoms with Gasteiger partial charge in [-0.2, -0.15) is 5.26 Å². The lowest BCUT2D eigenvalue weighted by Gasteiger charge is -2.12. The molecule has 0 aliphatic heterocycles. The van der Waals surface area contributed by atoms with Crippen LogP contribution in [0.2, 0.25) is 5.02 Å². The minimum absolute atomic E-state index is 0.0376. The molecule has 0 fully saturated rings. The van der Waals surface area contributed by atoms with Gasteiger partial charge in [0.2, 0.25) is 0 Å². The van der Waals surface area contributed by atoms with E-state index in [9.17, 15) is 4.79 Å². The standard InChI is InChI=1S/C15H13ClN2O/c1-2-10(7-8-17)15(19)12-5-6-13(16)11-4-3-9-18-14(11)12/h3-6,9-10H,2,7H2,1H3. The number of rotatable bonds is 4. The molecule has 0 N–H and O–H groups in total. The van der Waals surface area contributed by atoms with E-state index in [1.54, 1.807) is 24.4 Å². The largest absolute Gasteiger partial charge is 0.294 e. The van der Waals surface area contributed by atoms with E-state index in [-0.39, 0.29) is 18.1 Å². The van der Waals surface area contributed by atoms with Gasteiger partial charge in [0.1, 0.15) is 0 Å². The number of nitrogens with zero attached hydrogens (tertiary/aromatic N) is 2. The first-order chi connectivity index (χ1) is 9.19. The molecule has 0 aliphatic rings. The maximum Gasteiger partial charge on any atom is 0.169 e. The number of Topliss-reactive ketones (excluding diaryl/α,β-unsaturated/α-hetero) is 1. The molecular formula is C15H13ClN2O. The summed E-state index contributed by atoms with van der Waals surface area (Å²) in [5.41, 5.74) is 1.15. The van der Waals surface area contributed by atoms with Crippen molar-refractivity contribution >= 4 is 28.3 Å². The fraction of sp³-hybridized carbons (Fsp3) is 0.267. The van der Waals surface area contributed by atoms with Crippen LogP contribution in [0.25, 0.3) is 10.9 Å². The van der Waals surface area contributed by atoms with E-state index in [1.807, 2.05) is 13.0 Å². The second-order valence-electron chi connectivity index (χ2n) is 4.33. The zero-order chi connectivity index (χ0) is 13.8. The van der Waals surface area contributed by atoms with E-state index < -0.39 is 0 Å². The number of carbonyl (C=O) groups excluding carboxylic acids is 1. The van der Waals surface area contributed by atoms with Crippen LogP contribution in [0.3, 0.4) is 0 Å². The lowest BCUT2D eigenvalue weighted by atomic mass is 9.91. The summed E-state index contributed by atoms with van der Waals surface area (Å²) in [5.74, 6) is -0.319. The Morgan fingerprint density at radius 1 is 1.47 bits per heavy atom. The van der Waals surface area contributed by atoms with Crippen LogP contribution in [0.15, 0.2) is 30.5 Å². The van der Waals surface area contributed by atoms with Crippen LogP contribution in [0.1, 0.15) is 30.1 Å². The number of aromatic nitrogens is 1. The van der Waals surface area contributed by atoms with Gasteiger partial charge in [0.05, 0.1) is 16.6 Å². The highest BCUT2D eigenvalue weighted by molar-refractivity contribution is 6.36. The first-order valence-electron chi connectivity index (χ1n) is 6.13. The average molecular weight is 273 g/mol. The summed E-state index contributed by atoms with van der Waals surface area (Å²) in [5, 5.41) is 10.1. The molecule has 19 heavy (non-hydrogen) atoms. The van der Waals surface area contributed by atoms with Crippen LogP contribution in [0.4, 0.5) is 0 Å². The number of halogens is 1. The molecule has 0 aliphatic carbocycles. The maximum atomic E-state index is 12.5. The molecule has 0 amide bonds. The number of hydrogen-bond donors (Lipinski definition) is 0. The molecule has 96 valence electrons. The van der Waals surface area contributed by atoms with Crippen molar-refractivity contribution in [3.63, 3.8) is 0 Å². The lowest BCUT2D eigenvalue weighted by molar-refractivity contribution is 0.0920. The molecular weight excluding hydrogens is 260 g/mol. The predicted molar refractivity (Wildman–Crippen MR) is 75.1 cm³/mol. The fourth-order valence-electron chi connectivity index (χ4n) is 2.09. The highest BCUT2D eigenvalue weighted by atomic mass is 35.5. The third-order valence-corrected chi connectivity index (χ3v) is 3.51. The normalized spacial score (nSPS) is 12.1. The van der Waals surface area contributed by atoms with Crippen molar-refractivity contribution in [2.24, 2.45) is 5.92 Å². The topological polar surface area (TPSA) is 53.8 Å². The summed E-state index contributed by atoms with van der Waals surface area (Å²) in [6.07, 6.45) is 2.51. The number of hydrogen-bond acceptors (Lipinski definition) is 3. The second kappa shape index (κ2) is 5.81. The van der Waals surface area contributed by atoms with Crippen molar-refractivity contribution in [2.45, 2.75) is 19.8 Å². The summed E-state index contributed by atoms with van der Waals surface area (Å²) in [7, 11) is 0. The van der Waals surface area contributed by atoms with E-state index >= 15 is 0 Å². The number of benzene rings is 1. The molecule has 0 spiro atoms. The van der Waals surface area contributed by atoms with E-state index in [4.69, 9.17) is 16.9 Å². The number of fused-ring (bicyclic) bond motifs is 1. The maximum absolute atomic E-state index is 12.5. The molecule has 0 saturated heterocycles. The van der Waals surface area contributed by atoms with Crippen LogP contribution in [0, 0.1) is 17.2 Å². The third kappa shape index (κ3) is 2.59. The van der Waals surface area contributed by atoms with E-state index in [0.717, 1.165) is 5.39 Å². The van der Waals surface area contributed by atoms with Crippen molar-refractivity contribution in [1.82, 2.24) is 4.98 Å². The Kier molecular flexibility index (Phi) is 4.13. The number of ketones is 1. The number of nitriles is 1. The molecule has 2 aromatic rings. The Morgan fingerprint density at radius 3 is 2.95 bits per heavy atom. The molecule has 0 radical (unpaired) electrons. The molecule has 3 nitrogen and oxygen atoms in total. The van der Waals surface area contributed by atoms with Gasteiger partial charge >= 0.3 is 0 Å². The average Bonchev–Trinajstić information content (AvgIpc) is 2.45. The van der Waals surface area contributed by atoms with Gasteiger partial charge in [0.25, 0.3) is 0 Å². The quantitative estimate of drug-likeness (QED) is 0.790. The van der Waals surface area contributed by atoms with Gasteiger partial charge in [-0.1, -0.05) is 18.5 Å². The van der Waals surface area contributed by atoms with Crippen LogP contribution in [0.5, 0.6) is 0 Å². The molecule has 1 aromatic carbocycles. The molecule has 4 heteroatoms. The molecule has 1 atom stereocenters. The monoisotopic (exact) mass is 272 g/mol. The summed E-state index contributed by atoms with van der Waals surface area (Å²) >= 11 is 6.10. The van der Waals surface area contributed by atoms with Crippen molar-refractivity contribution in [3.8, 4) is 6.07 Å². The molecule has 0 bridgehead atoms. The minimum Gasteiger partial charge on any atom is -0.294 e. The smallest absolute Gasteiger partial charge is 0.169 e. The zero-order valence-corrected chi connectivity index (χ0v) is 11.3. The van der Waals surface area contributed by atoms with E-state index in [1.165, 1.54) is 0 Å². The molecule has 1 unspecified atom stereocenters. The molecule has 2 rings (SSSR count). The third-order valence-electron chi connectivity index (χ3n) is 3.18. The Labute approximate surface area is 116 Å². The molecule has 1 heterocycles. The Bertz CT molecular complexity index is 661. The summed E-state index contributed by atoms with van der Waals surface area (Å²) < 4.78 is 0. The Hall–Kier alpha value is -1.92. The summed E-state index contributed by atoms with van der Waals surface area (Å²) in [4.78, 5) is 16.7. The molecule has 0 saturated carbocycles. The Balaban J connectivity index is 2.54. The predicted octanol–water partition coefficient (Wildman–Crippen LogP) is 4.01. The van der Waals surface area contributed by atoms with E-state index in [2.05, 4.69) is 11.1 Å². The van der Waals surface area contributed by atoms with Crippen LogP contribution >= 0.6 is 11.6 Å². The highest BCUT2D eigenvalue weighted by Crippen LogP contribution is 2.27. The first kappa shape index (κ1) is 13.5. The van der Waals surface area contributed by atoms with Gasteiger partial charge in [-0.15, -0.1) is 0 Å². The summed E-state index contributed by atoms with van der Waals surface area (Å²) in [6.45, 7) is 1.91. The summed E-state index contributed by atoms with van der Waals surface area (Å²) in [6, 6.07) is 9.09. The Morgan fingerprint density at radius 2 is 2.26 bits per heavy atom. The van der Waals surface area contributed by atoms with Crippen LogP contribution in [-0.2, 0) is 0 Å². The van der Waals surface area contributed by atoms with Crippen LogP contribution in [-0.4, -0.2) is 10.8 Å². The van der Waals surface area contributed by atoms with Crippen molar-refractivity contribution < 1.29 is 4.79 Å².